The summed E-state index contributed by atoms with van der Waals surface area (Å²) < 4.78 is 16.2. The van der Waals surface area contributed by atoms with Crippen molar-refractivity contribution in [2.75, 3.05) is 19.8 Å². The Kier molecular flexibility index (Phi) is 6.36. The number of aromatic nitrogens is 1. The minimum atomic E-state index is -0.639. The molecule has 1 atom stereocenters. The fourth-order valence-electron chi connectivity index (χ4n) is 2.81. The van der Waals surface area contributed by atoms with Crippen LogP contribution in [0.3, 0.4) is 0 Å². The molecule has 1 N–H and O–H groups in total. The van der Waals surface area contributed by atoms with Gasteiger partial charge in [0.15, 0.2) is 18.1 Å². The predicted molar refractivity (Wildman–Crippen MR) is 103 cm³/mol. The largest absolute Gasteiger partial charge is 0.486 e. The van der Waals surface area contributed by atoms with Crippen LogP contribution in [0.25, 0.3) is 0 Å². The van der Waals surface area contributed by atoms with Crippen LogP contribution in [0.1, 0.15) is 35.8 Å². The van der Waals surface area contributed by atoms with Crippen molar-refractivity contribution in [2.24, 2.45) is 5.92 Å². The first-order valence-corrected chi connectivity index (χ1v) is 9.29. The van der Waals surface area contributed by atoms with Gasteiger partial charge in [0.25, 0.3) is 5.91 Å². The molecule has 1 aliphatic rings. The molecule has 1 aliphatic heterocycles. The molecule has 148 valence electrons. The Labute approximate surface area is 168 Å². The molecule has 1 amide bonds. The van der Waals surface area contributed by atoms with Crippen LogP contribution < -0.4 is 14.8 Å². The third-order valence-corrected chi connectivity index (χ3v) is 4.43. The van der Waals surface area contributed by atoms with Gasteiger partial charge in [-0.1, -0.05) is 31.5 Å². The molecule has 0 bridgehead atoms. The van der Waals surface area contributed by atoms with E-state index in [9.17, 15) is 9.59 Å². The molecule has 0 saturated heterocycles. The van der Waals surface area contributed by atoms with E-state index in [0.29, 0.717) is 24.7 Å². The fourth-order valence-corrected chi connectivity index (χ4v) is 2.93. The van der Waals surface area contributed by atoms with Crippen LogP contribution in [0.5, 0.6) is 11.5 Å². The number of carbonyl (C=O) groups is 2. The first-order chi connectivity index (χ1) is 13.4. The summed E-state index contributed by atoms with van der Waals surface area (Å²) in [5, 5.41) is 3.18. The Morgan fingerprint density at radius 3 is 2.61 bits per heavy atom. The summed E-state index contributed by atoms with van der Waals surface area (Å²) in [7, 11) is 0. The Morgan fingerprint density at radius 2 is 1.93 bits per heavy atom. The van der Waals surface area contributed by atoms with E-state index in [4.69, 9.17) is 25.8 Å². The van der Waals surface area contributed by atoms with Crippen LogP contribution in [0.4, 0.5) is 0 Å². The summed E-state index contributed by atoms with van der Waals surface area (Å²) in [4.78, 5) is 28.1. The molecule has 0 saturated carbocycles. The van der Waals surface area contributed by atoms with Gasteiger partial charge < -0.3 is 19.5 Å². The number of rotatable bonds is 6. The number of benzene rings is 1. The van der Waals surface area contributed by atoms with Gasteiger partial charge in [0.05, 0.1) is 11.6 Å². The van der Waals surface area contributed by atoms with Crippen LogP contribution in [-0.4, -0.2) is 36.7 Å². The van der Waals surface area contributed by atoms with Crippen molar-refractivity contribution >= 4 is 23.5 Å². The normalized spacial score (nSPS) is 13.7. The van der Waals surface area contributed by atoms with Gasteiger partial charge in [-0.25, -0.2) is 9.78 Å². The molecule has 0 unspecified atom stereocenters. The summed E-state index contributed by atoms with van der Waals surface area (Å²) in [6.45, 7) is 4.60. The van der Waals surface area contributed by atoms with E-state index in [1.54, 1.807) is 0 Å². The minimum Gasteiger partial charge on any atom is -0.486 e. The zero-order valence-corrected chi connectivity index (χ0v) is 16.4. The van der Waals surface area contributed by atoms with Crippen molar-refractivity contribution in [3.63, 3.8) is 0 Å². The molecule has 0 radical (unpaired) electrons. The molecular formula is C20H21ClN2O5. The third-order valence-electron chi connectivity index (χ3n) is 4.21. The fraction of sp³-hybridized carbons (Fsp3) is 0.350. The van der Waals surface area contributed by atoms with Crippen molar-refractivity contribution in [1.82, 2.24) is 10.3 Å². The Bertz CT molecular complexity index is 854. The van der Waals surface area contributed by atoms with E-state index in [2.05, 4.69) is 10.3 Å². The second-order valence-corrected chi connectivity index (χ2v) is 7.03. The molecule has 7 nitrogen and oxygen atoms in total. The van der Waals surface area contributed by atoms with Gasteiger partial charge >= 0.3 is 5.97 Å². The highest BCUT2D eigenvalue weighted by molar-refractivity contribution is 6.29. The molecule has 3 rings (SSSR count). The topological polar surface area (TPSA) is 86.8 Å². The van der Waals surface area contributed by atoms with E-state index in [1.807, 2.05) is 32.0 Å². The predicted octanol–water partition coefficient (Wildman–Crippen LogP) is 3.18. The Hall–Kier alpha value is -2.80. The van der Waals surface area contributed by atoms with E-state index < -0.39 is 18.5 Å². The number of nitrogens with one attached hydrogen (secondary N) is 1. The average Bonchev–Trinajstić information content (AvgIpc) is 2.70. The lowest BCUT2D eigenvalue weighted by molar-refractivity contribution is -0.125. The van der Waals surface area contributed by atoms with Crippen molar-refractivity contribution in [2.45, 2.75) is 19.9 Å². The maximum absolute atomic E-state index is 12.3. The molecule has 2 heterocycles. The molecular weight excluding hydrogens is 384 g/mol. The lowest BCUT2D eigenvalue weighted by Gasteiger charge is -2.25. The van der Waals surface area contributed by atoms with Crippen molar-refractivity contribution in [3.05, 3.63) is 52.8 Å². The van der Waals surface area contributed by atoms with Crippen LogP contribution in [0.2, 0.25) is 5.15 Å². The number of carbonyl (C=O) groups excluding carboxylic acids is 2. The zero-order chi connectivity index (χ0) is 20.1. The number of ether oxygens (including phenoxy) is 3. The van der Waals surface area contributed by atoms with Crippen LogP contribution in [0.15, 0.2) is 36.5 Å². The number of amides is 1. The molecule has 0 aliphatic carbocycles. The lowest BCUT2D eigenvalue weighted by Crippen LogP contribution is -2.35. The molecule has 28 heavy (non-hydrogen) atoms. The number of nitrogens with zero attached hydrogens (tertiary/aromatic N) is 1. The van der Waals surface area contributed by atoms with Gasteiger partial charge in [-0.05, 0) is 35.7 Å². The molecule has 0 fully saturated rings. The molecule has 0 spiro atoms. The highest BCUT2D eigenvalue weighted by atomic mass is 35.5. The number of pyridine rings is 1. The van der Waals surface area contributed by atoms with Crippen LogP contribution in [-0.2, 0) is 9.53 Å². The van der Waals surface area contributed by atoms with E-state index in [-0.39, 0.29) is 22.7 Å². The number of esters is 1. The van der Waals surface area contributed by atoms with Gasteiger partial charge in [-0.3, -0.25) is 4.79 Å². The molecule has 1 aromatic carbocycles. The monoisotopic (exact) mass is 404 g/mol. The summed E-state index contributed by atoms with van der Waals surface area (Å²) in [6.07, 6.45) is 1.30. The summed E-state index contributed by atoms with van der Waals surface area (Å²) in [5.41, 5.74) is 1.12. The maximum Gasteiger partial charge on any atom is 0.340 e. The van der Waals surface area contributed by atoms with Gasteiger partial charge in [-0.2, -0.15) is 0 Å². The number of hydrogen-bond acceptors (Lipinski definition) is 6. The van der Waals surface area contributed by atoms with Crippen molar-refractivity contribution in [3.8, 4) is 11.5 Å². The van der Waals surface area contributed by atoms with Crippen molar-refractivity contribution < 1.29 is 23.8 Å². The highest BCUT2D eigenvalue weighted by Gasteiger charge is 2.22. The SMILES string of the molecule is CC(C)[C@H](NC(=O)COC(=O)c1ccc(Cl)nc1)c1ccc2c(c1)OCCO2. The summed E-state index contributed by atoms with van der Waals surface area (Å²) >= 11 is 5.69. The first-order valence-electron chi connectivity index (χ1n) is 8.91. The first kappa shape index (κ1) is 19.9. The van der Waals surface area contributed by atoms with Crippen LogP contribution >= 0.6 is 11.6 Å². The summed E-state index contributed by atoms with van der Waals surface area (Å²) in [6, 6.07) is 8.30. The number of hydrogen-bond donors (Lipinski definition) is 1. The van der Waals surface area contributed by atoms with Crippen LogP contribution in [0, 0.1) is 5.92 Å². The Balaban J connectivity index is 1.61. The Morgan fingerprint density at radius 1 is 1.18 bits per heavy atom. The third kappa shape index (κ3) is 4.92. The quantitative estimate of drug-likeness (QED) is 0.587. The van der Waals surface area contributed by atoms with Crippen molar-refractivity contribution in [1.29, 1.82) is 0 Å². The zero-order valence-electron chi connectivity index (χ0n) is 15.6. The number of halogens is 1. The summed E-state index contributed by atoms with van der Waals surface area (Å²) in [5.74, 6) is 0.422. The van der Waals surface area contributed by atoms with Gasteiger partial charge in [0.1, 0.15) is 18.4 Å². The lowest BCUT2D eigenvalue weighted by atomic mass is 9.95. The van der Waals surface area contributed by atoms with E-state index >= 15 is 0 Å². The van der Waals surface area contributed by atoms with E-state index in [1.165, 1.54) is 18.3 Å². The minimum absolute atomic E-state index is 0.114. The second kappa shape index (κ2) is 8.93. The highest BCUT2D eigenvalue weighted by Crippen LogP contribution is 2.34. The number of fused-ring (bicyclic) bond motifs is 1. The average molecular weight is 405 g/mol. The van der Waals surface area contributed by atoms with Gasteiger partial charge in [0.2, 0.25) is 0 Å². The molecule has 2 aromatic rings. The van der Waals surface area contributed by atoms with E-state index in [0.717, 1.165) is 5.56 Å². The molecule has 1 aromatic heterocycles. The van der Waals surface area contributed by atoms with Gasteiger partial charge in [-0.15, -0.1) is 0 Å². The standard InChI is InChI=1S/C20H21ClN2O5/c1-12(2)19(13-3-5-15-16(9-13)27-8-7-26-15)23-18(24)11-28-20(25)14-4-6-17(21)22-10-14/h3-6,9-10,12,19H,7-8,11H2,1-2H3,(H,23,24)/t19-/m0/s1. The maximum atomic E-state index is 12.3. The van der Waals surface area contributed by atoms with Gasteiger partial charge in [0, 0.05) is 6.20 Å². The smallest absolute Gasteiger partial charge is 0.340 e. The molecule has 8 heteroatoms. The second-order valence-electron chi connectivity index (χ2n) is 6.64.